The van der Waals surface area contributed by atoms with Gasteiger partial charge in [0.1, 0.15) is 0 Å². The van der Waals surface area contributed by atoms with Crippen molar-refractivity contribution in [3.63, 3.8) is 0 Å². The first-order valence-electron chi connectivity index (χ1n) is 5.89. The predicted molar refractivity (Wildman–Crippen MR) is 63.5 cm³/mol. The van der Waals surface area contributed by atoms with Crippen LogP contribution in [-0.2, 0) is 6.42 Å². The fourth-order valence-corrected chi connectivity index (χ4v) is 1.57. The number of hydrogen-bond donors (Lipinski definition) is 1. The second kappa shape index (κ2) is 5.63. The number of rotatable bonds is 6. The first-order chi connectivity index (χ1) is 8.29. The summed E-state index contributed by atoms with van der Waals surface area (Å²) in [6, 6.07) is 3.95. The van der Waals surface area contributed by atoms with Crippen LogP contribution in [0.5, 0.6) is 0 Å². The zero-order valence-corrected chi connectivity index (χ0v) is 10.1. The highest BCUT2D eigenvalue weighted by molar-refractivity contribution is 5.44. The van der Waals surface area contributed by atoms with Crippen molar-refractivity contribution in [1.82, 2.24) is 15.5 Å². The summed E-state index contributed by atoms with van der Waals surface area (Å²) < 4.78 is 10.4. The van der Waals surface area contributed by atoms with Gasteiger partial charge in [-0.2, -0.15) is 4.98 Å². The molecule has 0 bridgehead atoms. The maximum absolute atomic E-state index is 5.20. The lowest BCUT2D eigenvalue weighted by Gasteiger charge is -2.09. The number of aromatic nitrogens is 2. The number of nitrogens with zero attached hydrogens (tertiary/aromatic N) is 2. The largest absolute Gasteiger partial charge is 0.461 e. The molecule has 0 saturated heterocycles. The predicted octanol–water partition coefficient (Wildman–Crippen LogP) is 2.26. The molecule has 0 aromatic carbocycles. The van der Waals surface area contributed by atoms with Crippen molar-refractivity contribution in [2.45, 2.75) is 32.7 Å². The lowest BCUT2D eigenvalue weighted by molar-refractivity contribution is 0.361. The van der Waals surface area contributed by atoms with Crippen LogP contribution in [0.3, 0.4) is 0 Å². The molecule has 0 spiro atoms. The quantitative estimate of drug-likeness (QED) is 0.832. The highest BCUT2D eigenvalue weighted by Gasteiger charge is 2.12. The Hall–Kier alpha value is -1.62. The van der Waals surface area contributed by atoms with Gasteiger partial charge in [-0.1, -0.05) is 12.1 Å². The Morgan fingerprint density at radius 3 is 3.06 bits per heavy atom. The first kappa shape index (κ1) is 11.9. The van der Waals surface area contributed by atoms with Crippen molar-refractivity contribution in [2.24, 2.45) is 0 Å². The molecule has 0 radical (unpaired) electrons. The lowest BCUT2D eigenvalue weighted by Crippen LogP contribution is -2.28. The SMILES string of the molecule is CCCNC(C)Cc1nc(-c2ccco2)no1. The van der Waals surface area contributed by atoms with Gasteiger partial charge in [-0.05, 0) is 32.0 Å². The second-order valence-electron chi connectivity index (χ2n) is 4.05. The molecule has 17 heavy (non-hydrogen) atoms. The Bertz CT molecular complexity index is 436. The molecule has 1 unspecified atom stereocenters. The highest BCUT2D eigenvalue weighted by Crippen LogP contribution is 2.16. The minimum atomic E-state index is 0.333. The molecule has 1 N–H and O–H groups in total. The van der Waals surface area contributed by atoms with Crippen LogP contribution in [0.4, 0.5) is 0 Å². The maximum atomic E-state index is 5.20. The van der Waals surface area contributed by atoms with Crippen molar-refractivity contribution in [3.05, 3.63) is 24.3 Å². The third-order valence-electron chi connectivity index (χ3n) is 2.43. The van der Waals surface area contributed by atoms with Crippen molar-refractivity contribution in [3.8, 4) is 11.6 Å². The first-order valence-corrected chi connectivity index (χ1v) is 5.89. The van der Waals surface area contributed by atoms with Crippen LogP contribution in [0, 0.1) is 0 Å². The Morgan fingerprint density at radius 2 is 2.35 bits per heavy atom. The minimum absolute atomic E-state index is 0.333. The summed E-state index contributed by atoms with van der Waals surface area (Å²) in [4.78, 5) is 4.29. The van der Waals surface area contributed by atoms with Crippen LogP contribution >= 0.6 is 0 Å². The normalized spacial score (nSPS) is 12.8. The summed E-state index contributed by atoms with van der Waals surface area (Å²) in [5.74, 6) is 1.77. The molecule has 0 aliphatic rings. The van der Waals surface area contributed by atoms with Crippen LogP contribution in [0.15, 0.2) is 27.3 Å². The van der Waals surface area contributed by atoms with Gasteiger partial charge in [0.25, 0.3) is 0 Å². The van der Waals surface area contributed by atoms with E-state index >= 15 is 0 Å². The zero-order chi connectivity index (χ0) is 12.1. The van der Waals surface area contributed by atoms with E-state index in [1.807, 2.05) is 6.07 Å². The number of hydrogen-bond acceptors (Lipinski definition) is 5. The Morgan fingerprint density at radius 1 is 1.47 bits per heavy atom. The second-order valence-corrected chi connectivity index (χ2v) is 4.05. The molecule has 92 valence electrons. The Labute approximate surface area is 100 Å². The van der Waals surface area contributed by atoms with Gasteiger partial charge in [0.15, 0.2) is 5.76 Å². The maximum Gasteiger partial charge on any atom is 0.238 e. The molecule has 2 aromatic rings. The summed E-state index contributed by atoms with van der Waals surface area (Å²) in [5, 5.41) is 7.26. The fourth-order valence-electron chi connectivity index (χ4n) is 1.57. The van der Waals surface area contributed by atoms with E-state index in [-0.39, 0.29) is 0 Å². The van der Waals surface area contributed by atoms with E-state index in [4.69, 9.17) is 8.94 Å². The van der Waals surface area contributed by atoms with Crippen LogP contribution in [0.2, 0.25) is 0 Å². The molecule has 0 saturated carbocycles. The van der Waals surface area contributed by atoms with Gasteiger partial charge in [0.05, 0.1) is 6.26 Å². The third-order valence-corrected chi connectivity index (χ3v) is 2.43. The molecule has 0 aliphatic carbocycles. The summed E-state index contributed by atoms with van der Waals surface area (Å²) in [6.07, 6.45) is 3.44. The van der Waals surface area contributed by atoms with Crippen molar-refractivity contribution in [2.75, 3.05) is 6.54 Å². The molecule has 5 nitrogen and oxygen atoms in total. The Balaban J connectivity index is 1.94. The van der Waals surface area contributed by atoms with E-state index in [2.05, 4.69) is 29.3 Å². The molecule has 5 heteroatoms. The van der Waals surface area contributed by atoms with Crippen molar-refractivity contribution >= 4 is 0 Å². The Kier molecular flexibility index (Phi) is 3.93. The highest BCUT2D eigenvalue weighted by atomic mass is 16.5. The van der Waals surface area contributed by atoms with Gasteiger partial charge >= 0.3 is 0 Å². The van der Waals surface area contributed by atoms with Crippen LogP contribution < -0.4 is 5.32 Å². The van der Waals surface area contributed by atoms with Gasteiger partial charge in [0, 0.05) is 12.5 Å². The van der Waals surface area contributed by atoms with Gasteiger partial charge in [-0.25, -0.2) is 0 Å². The van der Waals surface area contributed by atoms with E-state index in [0.717, 1.165) is 19.4 Å². The molecule has 0 amide bonds. The van der Waals surface area contributed by atoms with Gasteiger partial charge in [-0.15, -0.1) is 0 Å². The molecule has 1 atom stereocenters. The van der Waals surface area contributed by atoms with E-state index in [0.29, 0.717) is 23.5 Å². The van der Waals surface area contributed by atoms with Gasteiger partial charge in [0.2, 0.25) is 11.7 Å². The van der Waals surface area contributed by atoms with Crippen molar-refractivity contribution in [1.29, 1.82) is 0 Å². The summed E-state index contributed by atoms with van der Waals surface area (Å²) in [7, 11) is 0. The average Bonchev–Trinajstić information content (AvgIpc) is 2.95. The van der Waals surface area contributed by atoms with E-state index in [1.54, 1.807) is 12.3 Å². The average molecular weight is 235 g/mol. The van der Waals surface area contributed by atoms with E-state index in [9.17, 15) is 0 Å². The minimum Gasteiger partial charge on any atom is -0.461 e. The molecule has 0 aliphatic heterocycles. The summed E-state index contributed by atoms with van der Waals surface area (Å²) in [6.45, 7) is 5.24. The third kappa shape index (κ3) is 3.17. The molecule has 0 fully saturated rings. The zero-order valence-electron chi connectivity index (χ0n) is 10.1. The molecular weight excluding hydrogens is 218 g/mol. The fraction of sp³-hybridized carbons (Fsp3) is 0.500. The monoisotopic (exact) mass is 235 g/mol. The van der Waals surface area contributed by atoms with Crippen LogP contribution in [0.25, 0.3) is 11.6 Å². The van der Waals surface area contributed by atoms with Gasteiger partial charge in [-0.3, -0.25) is 0 Å². The summed E-state index contributed by atoms with van der Waals surface area (Å²) in [5.41, 5.74) is 0. The topological polar surface area (TPSA) is 64.1 Å². The standard InChI is InChI=1S/C12H17N3O2/c1-3-6-13-9(2)8-11-14-12(15-17-11)10-5-4-7-16-10/h4-5,7,9,13H,3,6,8H2,1-2H3. The molecule has 2 heterocycles. The van der Waals surface area contributed by atoms with E-state index < -0.39 is 0 Å². The van der Waals surface area contributed by atoms with Crippen LogP contribution in [0.1, 0.15) is 26.2 Å². The van der Waals surface area contributed by atoms with Crippen LogP contribution in [-0.4, -0.2) is 22.7 Å². The lowest BCUT2D eigenvalue weighted by atomic mass is 10.2. The number of furan rings is 1. The van der Waals surface area contributed by atoms with Crippen molar-refractivity contribution < 1.29 is 8.94 Å². The molecular formula is C12H17N3O2. The molecule has 2 aromatic heterocycles. The smallest absolute Gasteiger partial charge is 0.238 e. The van der Waals surface area contributed by atoms with E-state index in [1.165, 1.54) is 0 Å². The van der Waals surface area contributed by atoms with Gasteiger partial charge < -0.3 is 14.3 Å². The molecule has 2 rings (SSSR count). The number of nitrogens with one attached hydrogen (secondary N) is 1. The summed E-state index contributed by atoms with van der Waals surface area (Å²) >= 11 is 0.